The number of hydrogen-bond acceptors (Lipinski definition) is 3. The lowest BCUT2D eigenvalue weighted by Gasteiger charge is -2.09. The standard InChI is InChI=1S/C16H13N3O/c1-11-8-12-4-3-7-18-15(12)14(9-11)19-16(20)13-5-2-6-17-10-13/h2-10H,1H3,(H,19,20). The van der Waals surface area contributed by atoms with Crippen molar-refractivity contribution < 1.29 is 4.79 Å². The number of hydrogen-bond donors (Lipinski definition) is 1. The molecule has 0 atom stereocenters. The van der Waals surface area contributed by atoms with Crippen LogP contribution in [-0.2, 0) is 0 Å². The van der Waals surface area contributed by atoms with Crippen molar-refractivity contribution in [1.29, 1.82) is 0 Å². The molecule has 20 heavy (non-hydrogen) atoms. The van der Waals surface area contributed by atoms with Crippen LogP contribution >= 0.6 is 0 Å². The third-order valence-electron chi connectivity index (χ3n) is 3.02. The van der Waals surface area contributed by atoms with Crippen LogP contribution in [0.3, 0.4) is 0 Å². The first kappa shape index (κ1) is 12.3. The van der Waals surface area contributed by atoms with Crippen LogP contribution in [-0.4, -0.2) is 15.9 Å². The molecule has 0 aliphatic carbocycles. The van der Waals surface area contributed by atoms with Crippen molar-refractivity contribution in [3.05, 3.63) is 66.1 Å². The van der Waals surface area contributed by atoms with Crippen molar-refractivity contribution in [2.75, 3.05) is 5.32 Å². The van der Waals surface area contributed by atoms with Crippen LogP contribution in [0.5, 0.6) is 0 Å². The van der Waals surface area contributed by atoms with Crippen molar-refractivity contribution >= 4 is 22.5 Å². The highest BCUT2D eigenvalue weighted by molar-refractivity contribution is 6.08. The zero-order valence-corrected chi connectivity index (χ0v) is 11.0. The smallest absolute Gasteiger partial charge is 0.257 e. The number of aryl methyl sites for hydroxylation is 1. The minimum absolute atomic E-state index is 0.185. The highest BCUT2D eigenvalue weighted by atomic mass is 16.1. The van der Waals surface area contributed by atoms with Gasteiger partial charge in [0.15, 0.2) is 0 Å². The van der Waals surface area contributed by atoms with Gasteiger partial charge in [0, 0.05) is 24.0 Å². The summed E-state index contributed by atoms with van der Waals surface area (Å²) in [5.41, 5.74) is 3.11. The summed E-state index contributed by atoms with van der Waals surface area (Å²) in [6, 6.07) is 11.3. The topological polar surface area (TPSA) is 54.9 Å². The fraction of sp³-hybridized carbons (Fsp3) is 0.0625. The summed E-state index contributed by atoms with van der Waals surface area (Å²) in [4.78, 5) is 20.5. The van der Waals surface area contributed by atoms with Gasteiger partial charge in [-0.2, -0.15) is 0 Å². The number of nitrogens with zero attached hydrogens (tertiary/aromatic N) is 2. The van der Waals surface area contributed by atoms with Gasteiger partial charge in [-0.05, 0) is 42.8 Å². The Morgan fingerprint density at radius 2 is 2.00 bits per heavy atom. The van der Waals surface area contributed by atoms with Gasteiger partial charge in [0.05, 0.1) is 16.8 Å². The first-order valence-corrected chi connectivity index (χ1v) is 6.31. The van der Waals surface area contributed by atoms with Crippen LogP contribution in [0.15, 0.2) is 55.0 Å². The van der Waals surface area contributed by atoms with E-state index < -0.39 is 0 Å². The SMILES string of the molecule is Cc1cc(NC(=O)c2cccnc2)c2ncccc2c1. The van der Waals surface area contributed by atoms with Crippen molar-refractivity contribution in [3.63, 3.8) is 0 Å². The van der Waals surface area contributed by atoms with Gasteiger partial charge in [-0.1, -0.05) is 6.07 Å². The summed E-state index contributed by atoms with van der Waals surface area (Å²) in [5, 5.41) is 3.91. The molecule has 0 unspecified atom stereocenters. The minimum Gasteiger partial charge on any atom is -0.320 e. The Morgan fingerprint density at radius 3 is 2.80 bits per heavy atom. The molecule has 0 bridgehead atoms. The maximum atomic E-state index is 12.2. The molecular weight excluding hydrogens is 250 g/mol. The van der Waals surface area contributed by atoms with Gasteiger partial charge >= 0.3 is 0 Å². The summed E-state index contributed by atoms with van der Waals surface area (Å²) >= 11 is 0. The molecule has 98 valence electrons. The molecule has 0 spiro atoms. The van der Waals surface area contributed by atoms with E-state index in [9.17, 15) is 4.79 Å². The van der Waals surface area contributed by atoms with Crippen LogP contribution < -0.4 is 5.32 Å². The predicted molar refractivity (Wildman–Crippen MR) is 78.7 cm³/mol. The van der Waals surface area contributed by atoms with Crippen LogP contribution in [0, 0.1) is 6.92 Å². The van der Waals surface area contributed by atoms with Gasteiger partial charge in [0.1, 0.15) is 0 Å². The molecule has 3 rings (SSSR count). The Morgan fingerprint density at radius 1 is 1.15 bits per heavy atom. The number of fused-ring (bicyclic) bond motifs is 1. The van der Waals surface area contributed by atoms with E-state index in [2.05, 4.69) is 15.3 Å². The molecule has 4 nitrogen and oxygen atoms in total. The number of carbonyl (C=O) groups excluding carboxylic acids is 1. The second-order valence-electron chi connectivity index (χ2n) is 4.58. The van der Waals surface area contributed by atoms with Gasteiger partial charge in [0.2, 0.25) is 0 Å². The van der Waals surface area contributed by atoms with Gasteiger partial charge in [-0.15, -0.1) is 0 Å². The van der Waals surface area contributed by atoms with Gasteiger partial charge in [0.25, 0.3) is 5.91 Å². The number of amides is 1. The van der Waals surface area contributed by atoms with E-state index in [4.69, 9.17) is 0 Å². The van der Waals surface area contributed by atoms with Crippen LogP contribution in [0.1, 0.15) is 15.9 Å². The average Bonchev–Trinajstić information content (AvgIpc) is 2.48. The molecule has 1 aromatic carbocycles. The van der Waals surface area contributed by atoms with Gasteiger partial charge < -0.3 is 5.32 Å². The molecule has 1 amide bonds. The lowest BCUT2D eigenvalue weighted by Crippen LogP contribution is -2.12. The molecular formula is C16H13N3O. The van der Waals surface area contributed by atoms with E-state index in [1.165, 1.54) is 0 Å². The molecule has 3 aromatic rings. The Balaban J connectivity index is 2.01. The molecule has 0 saturated heterocycles. The Labute approximate surface area is 116 Å². The van der Waals surface area contributed by atoms with E-state index in [1.54, 1.807) is 30.7 Å². The number of anilines is 1. The monoisotopic (exact) mass is 263 g/mol. The number of carbonyl (C=O) groups is 1. The van der Waals surface area contributed by atoms with Gasteiger partial charge in [-0.3, -0.25) is 14.8 Å². The molecule has 0 saturated carbocycles. The number of rotatable bonds is 2. The van der Waals surface area contributed by atoms with Crippen LogP contribution in [0.4, 0.5) is 5.69 Å². The molecule has 1 N–H and O–H groups in total. The summed E-state index contributed by atoms with van der Waals surface area (Å²) in [7, 11) is 0. The largest absolute Gasteiger partial charge is 0.320 e. The Bertz CT molecular complexity index is 769. The number of nitrogens with one attached hydrogen (secondary N) is 1. The van der Waals surface area contributed by atoms with Crippen LogP contribution in [0.2, 0.25) is 0 Å². The molecule has 0 aliphatic heterocycles. The first-order valence-electron chi connectivity index (χ1n) is 6.31. The lowest BCUT2D eigenvalue weighted by atomic mass is 10.1. The fourth-order valence-electron chi connectivity index (χ4n) is 2.13. The van der Waals surface area contributed by atoms with Crippen molar-refractivity contribution in [3.8, 4) is 0 Å². The molecule has 2 heterocycles. The van der Waals surface area contributed by atoms with E-state index in [0.29, 0.717) is 5.56 Å². The number of benzene rings is 1. The van der Waals surface area contributed by atoms with Crippen molar-refractivity contribution in [2.45, 2.75) is 6.92 Å². The molecule has 0 radical (unpaired) electrons. The zero-order chi connectivity index (χ0) is 13.9. The molecule has 2 aromatic heterocycles. The lowest BCUT2D eigenvalue weighted by molar-refractivity contribution is 0.102. The third kappa shape index (κ3) is 2.36. The first-order chi connectivity index (χ1) is 9.74. The third-order valence-corrected chi connectivity index (χ3v) is 3.02. The van der Waals surface area contributed by atoms with E-state index in [0.717, 1.165) is 22.2 Å². The normalized spacial score (nSPS) is 10.4. The summed E-state index contributed by atoms with van der Waals surface area (Å²) in [6.45, 7) is 1.99. The average molecular weight is 263 g/mol. The Kier molecular flexibility index (Phi) is 3.13. The Hall–Kier alpha value is -2.75. The van der Waals surface area contributed by atoms with Crippen LogP contribution in [0.25, 0.3) is 10.9 Å². The quantitative estimate of drug-likeness (QED) is 0.772. The number of pyridine rings is 2. The van der Waals surface area contributed by atoms with E-state index in [-0.39, 0.29) is 5.91 Å². The summed E-state index contributed by atoms with van der Waals surface area (Å²) in [5.74, 6) is -0.185. The van der Waals surface area contributed by atoms with E-state index in [1.807, 2.05) is 31.2 Å². The molecule has 0 aliphatic rings. The molecule has 0 fully saturated rings. The van der Waals surface area contributed by atoms with E-state index >= 15 is 0 Å². The number of aromatic nitrogens is 2. The molecule has 4 heteroatoms. The second-order valence-corrected chi connectivity index (χ2v) is 4.58. The maximum absolute atomic E-state index is 12.2. The summed E-state index contributed by atoms with van der Waals surface area (Å²) in [6.07, 6.45) is 4.90. The maximum Gasteiger partial charge on any atom is 0.257 e. The van der Waals surface area contributed by atoms with Gasteiger partial charge in [-0.25, -0.2) is 0 Å². The zero-order valence-electron chi connectivity index (χ0n) is 11.0. The second kappa shape index (κ2) is 5.09. The fourth-order valence-corrected chi connectivity index (χ4v) is 2.13. The highest BCUT2D eigenvalue weighted by Gasteiger charge is 2.09. The predicted octanol–water partition coefficient (Wildman–Crippen LogP) is 3.19. The van der Waals surface area contributed by atoms with Crippen molar-refractivity contribution in [2.24, 2.45) is 0 Å². The highest BCUT2D eigenvalue weighted by Crippen LogP contribution is 2.23. The minimum atomic E-state index is -0.185. The summed E-state index contributed by atoms with van der Waals surface area (Å²) < 4.78 is 0. The van der Waals surface area contributed by atoms with Crippen molar-refractivity contribution in [1.82, 2.24) is 9.97 Å².